The topological polar surface area (TPSA) is 62.7 Å². The van der Waals surface area contributed by atoms with Crippen LogP contribution in [0.15, 0.2) is 12.1 Å². The van der Waals surface area contributed by atoms with Gasteiger partial charge in [-0.3, -0.25) is 4.79 Å². The molecular weight excluding hydrogens is 366 g/mol. The first-order chi connectivity index (χ1) is 14.0. The molecule has 1 aromatic heterocycles. The molecule has 1 aliphatic heterocycles. The molecule has 0 atom stereocenters. The molecule has 4 bridgehead atoms. The maximum absolute atomic E-state index is 13.5. The third kappa shape index (κ3) is 3.21. The van der Waals surface area contributed by atoms with Crippen molar-refractivity contribution in [2.45, 2.75) is 45.4 Å². The Morgan fingerprint density at radius 2 is 1.59 bits per heavy atom. The molecule has 0 radical (unpaired) electrons. The number of anilines is 1. The van der Waals surface area contributed by atoms with Gasteiger partial charge in [-0.05, 0) is 75.3 Å². The molecule has 5 fully saturated rings. The van der Waals surface area contributed by atoms with Crippen molar-refractivity contribution in [3.63, 3.8) is 0 Å². The summed E-state index contributed by atoms with van der Waals surface area (Å²) in [6, 6.07) is 3.67. The van der Waals surface area contributed by atoms with E-state index in [4.69, 9.17) is 4.74 Å². The van der Waals surface area contributed by atoms with Crippen molar-refractivity contribution < 1.29 is 14.3 Å². The number of aryl methyl sites for hydroxylation is 1. The van der Waals surface area contributed by atoms with Gasteiger partial charge in [0.2, 0.25) is 5.91 Å². The molecule has 29 heavy (non-hydrogen) atoms. The van der Waals surface area contributed by atoms with Crippen LogP contribution in [0, 0.1) is 30.1 Å². The van der Waals surface area contributed by atoms with E-state index < -0.39 is 0 Å². The Kier molecular flexibility index (Phi) is 4.56. The number of hydrogen-bond acceptors (Lipinski definition) is 5. The van der Waals surface area contributed by atoms with Gasteiger partial charge in [-0.2, -0.15) is 0 Å². The van der Waals surface area contributed by atoms with E-state index in [0.717, 1.165) is 69.0 Å². The number of amides is 1. The van der Waals surface area contributed by atoms with E-state index in [2.05, 4.69) is 14.8 Å². The summed E-state index contributed by atoms with van der Waals surface area (Å²) in [7, 11) is 1.38. The molecule has 1 amide bonds. The van der Waals surface area contributed by atoms with Crippen molar-refractivity contribution in [1.82, 2.24) is 9.88 Å². The SMILES string of the molecule is COC(=O)c1ccc(N2CCN(C(=O)C34CC5CC(CC(C5)C3)C4)CC2)nc1C. The Hall–Kier alpha value is -2.11. The molecule has 1 aromatic rings. The summed E-state index contributed by atoms with van der Waals surface area (Å²) in [4.78, 5) is 34.3. The molecule has 4 aliphatic carbocycles. The van der Waals surface area contributed by atoms with Crippen molar-refractivity contribution >= 4 is 17.7 Å². The predicted octanol–water partition coefficient (Wildman–Crippen LogP) is 3.04. The lowest BCUT2D eigenvalue weighted by atomic mass is 9.49. The number of nitrogens with zero attached hydrogens (tertiary/aromatic N) is 3. The maximum atomic E-state index is 13.5. The van der Waals surface area contributed by atoms with E-state index in [1.165, 1.54) is 26.4 Å². The Morgan fingerprint density at radius 3 is 2.10 bits per heavy atom. The first kappa shape index (κ1) is 18.9. The van der Waals surface area contributed by atoms with Gasteiger partial charge in [0.05, 0.1) is 23.8 Å². The van der Waals surface area contributed by atoms with Gasteiger partial charge in [0.25, 0.3) is 0 Å². The normalized spacial score (nSPS) is 33.1. The monoisotopic (exact) mass is 397 g/mol. The van der Waals surface area contributed by atoms with E-state index in [0.29, 0.717) is 17.2 Å². The number of aromatic nitrogens is 1. The molecule has 0 spiro atoms. The molecule has 5 aliphatic rings. The minimum Gasteiger partial charge on any atom is -0.465 e. The van der Waals surface area contributed by atoms with Crippen LogP contribution in [0.3, 0.4) is 0 Å². The van der Waals surface area contributed by atoms with Crippen LogP contribution in [0.25, 0.3) is 0 Å². The Balaban J connectivity index is 1.25. The van der Waals surface area contributed by atoms with Gasteiger partial charge in [0.15, 0.2) is 0 Å². The molecule has 0 unspecified atom stereocenters. The lowest BCUT2D eigenvalue weighted by Crippen LogP contribution is -2.58. The second kappa shape index (κ2) is 6.99. The molecule has 6 rings (SSSR count). The van der Waals surface area contributed by atoms with E-state index in [1.54, 1.807) is 6.07 Å². The van der Waals surface area contributed by atoms with E-state index in [1.807, 2.05) is 13.0 Å². The quantitative estimate of drug-likeness (QED) is 0.734. The maximum Gasteiger partial charge on any atom is 0.339 e. The molecule has 6 nitrogen and oxygen atoms in total. The minimum atomic E-state index is -0.354. The van der Waals surface area contributed by atoms with E-state index in [9.17, 15) is 9.59 Å². The van der Waals surface area contributed by atoms with Gasteiger partial charge in [-0.15, -0.1) is 0 Å². The van der Waals surface area contributed by atoms with Crippen molar-refractivity contribution in [3.05, 3.63) is 23.4 Å². The molecule has 2 heterocycles. The highest BCUT2D eigenvalue weighted by Gasteiger charge is 2.55. The van der Waals surface area contributed by atoms with Crippen LogP contribution < -0.4 is 4.90 Å². The Bertz CT molecular complexity index is 793. The standard InChI is InChI=1S/C23H31N3O3/c1-15-19(21(27)29-2)3-4-20(24-15)25-5-7-26(8-6-25)22(28)23-12-16-9-17(13-23)11-18(10-16)14-23/h3-4,16-18H,5-14H2,1-2H3. The van der Waals surface area contributed by atoms with Gasteiger partial charge < -0.3 is 14.5 Å². The first-order valence-electron chi connectivity index (χ1n) is 11.1. The second-order valence-electron chi connectivity index (χ2n) is 9.77. The number of carbonyl (C=O) groups excluding carboxylic acids is 2. The Morgan fingerprint density at radius 1 is 1.00 bits per heavy atom. The lowest BCUT2D eigenvalue weighted by molar-refractivity contribution is -0.158. The average Bonchev–Trinajstić information content (AvgIpc) is 2.72. The summed E-state index contributed by atoms with van der Waals surface area (Å²) >= 11 is 0. The minimum absolute atomic E-state index is 0.0477. The number of carbonyl (C=O) groups is 2. The van der Waals surface area contributed by atoms with Gasteiger partial charge >= 0.3 is 5.97 Å². The molecule has 1 saturated heterocycles. The van der Waals surface area contributed by atoms with Gasteiger partial charge in [0, 0.05) is 26.2 Å². The lowest BCUT2D eigenvalue weighted by Gasteiger charge is -2.57. The first-order valence-corrected chi connectivity index (χ1v) is 11.1. The van der Waals surface area contributed by atoms with Crippen LogP contribution in [-0.2, 0) is 9.53 Å². The van der Waals surface area contributed by atoms with Crippen LogP contribution in [-0.4, -0.2) is 55.0 Å². The fraction of sp³-hybridized carbons (Fsp3) is 0.696. The fourth-order valence-corrected chi connectivity index (χ4v) is 6.90. The fourth-order valence-electron chi connectivity index (χ4n) is 6.90. The number of ether oxygens (including phenoxy) is 1. The highest BCUT2D eigenvalue weighted by Crippen LogP contribution is 2.60. The van der Waals surface area contributed by atoms with Gasteiger partial charge in [0.1, 0.15) is 5.82 Å². The summed E-state index contributed by atoms with van der Waals surface area (Å²) in [6.07, 6.45) is 7.50. The van der Waals surface area contributed by atoms with E-state index >= 15 is 0 Å². The zero-order valence-corrected chi connectivity index (χ0v) is 17.5. The number of hydrogen-bond donors (Lipinski definition) is 0. The third-order valence-electron chi connectivity index (χ3n) is 7.86. The van der Waals surface area contributed by atoms with Crippen molar-refractivity contribution in [1.29, 1.82) is 0 Å². The van der Waals surface area contributed by atoms with Crippen LogP contribution in [0.4, 0.5) is 5.82 Å². The highest BCUT2D eigenvalue weighted by molar-refractivity contribution is 5.90. The van der Waals surface area contributed by atoms with Crippen LogP contribution in [0.5, 0.6) is 0 Å². The zero-order chi connectivity index (χ0) is 20.2. The van der Waals surface area contributed by atoms with Crippen molar-refractivity contribution in [2.24, 2.45) is 23.2 Å². The third-order valence-corrected chi connectivity index (χ3v) is 7.86. The molecule has 156 valence electrons. The summed E-state index contributed by atoms with van der Waals surface area (Å²) in [6.45, 7) is 4.95. The van der Waals surface area contributed by atoms with E-state index in [-0.39, 0.29) is 11.4 Å². The number of methoxy groups -OCH3 is 1. The van der Waals surface area contributed by atoms with Crippen LogP contribution in [0.2, 0.25) is 0 Å². The van der Waals surface area contributed by atoms with Gasteiger partial charge in [-0.25, -0.2) is 9.78 Å². The molecule has 6 heteroatoms. The molecular formula is C23H31N3O3. The average molecular weight is 398 g/mol. The summed E-state index contributed by atoms with van der Waals surface area (Å²) < 4.78 is 4.81. The number of esters is 1. The zero-order valence-electron chi connectivity index (χ0n) is 17.5. The largest absolute Gasteiger partial charge is 0.465 e. The number of rotatable bonds is 3. The van der Waals surface area contributed by atoms with Crippen LogP contribution >= 0.6 is 0 Å². The molecule has 4 saturated carbocycles. The van der Waals surface area contributed by atoms with Crippen molar-refractivity contribution in [2.75, 3.05) is 38.2 Å². The summed E-state index contributed by atoms with van der Waals surface area (Å²) in [5.41, 5.74) is 1.14. The van der Waals surface area contributed by atoms with Crippen molar-refractivity contribution in [3.8, 4) is 0 Å². The summed E-state index contributed by atoms with van der Waals surface area (Å²) in [5.74, 6) is 3.34. The second-order valence-corrected chi connectivity index (χ2v) is 9.77. The smallest absolute Gasteiger partial charge is 0.339 e. The highest BCUT2D eigenvalue weighted by atomic mass is 16.5. The Labute approximate surface area is 172 Å². The van der Waals surface area contributed by atoms with Crippen LogP contribution in [0.1, 0.15) is 54.6 Å². The predicted molar refractivity (Wildman–Crippen MR) is 110 cm³/mol. The summed E-state index contributed by atoms with van der Waals surface area (Å²) in [5, 5.41) is 0. The van der Waals surface area contributed by atoms with Gasteiger partial charge in [-0.1, -0.05) is 0 Å². The number of pyridine rings is 1. The molecule has 0 aromatic carbocycles. The number of piperazine rings is 1. The molecule has 0 N–H and O–H groups in total.